The van der Waals surface area contributed by atoms with E-state index < -0.39 is 0 Å². The van der Waals surface area contributed by atoms with E-state index in [4.69, 9.17) is 0 Å². The molecular formula is C44H35N. The van der Waals surface area contributed by atoms with E-state index in [1.54, 1.807) is 0 Å². The molecule has 0 fully saturated rings. The van der Waals surface area contributed by atoms with Crippen molar-refractivity contribution in [3.8, 4) is 22.3 Å². The van der Waals surface area contributed by atoms with Crippen LogP contribution in [0.1, 0.15) is 34.7 Å². The quantitative estimate of drug-likeness (QED) is 0.184. The van der Waals surface area contributed by atoms with Gasteiger partial charge in [-0.25, -0.2) is 0 Å². The maximum Gasteiger partial charge on any atom is 0.0626 e. The van der Waals surface area contributed by atoms with Crippen LogP contribution < -0.4 is 4.90 Å². The lowest BCUT2D eigenvalue weighted by atomic mass is 9.85. The normalized spacial score (nSPS) is 14.7. The van der Waals surface area contributed by atoms with Gasteiger partial charge >= 0.3 is 0 Å². The Bertz CT molecular complexity index is 2170. The molecule has 216 valence electrons. The third-order valence-electron chi connectivity index (χ3n) is 9.33. The number of aryl methyl sites for hydroxylation is 2. The van der Waals surface area contributed by atoms with Crippen molar-refractivity contribution in [2.45, 2.75) is 26.3 Å². The number of fused-ring (bicyclic) bond motifs is 2. The zero-order valence-electron chi connectivity index (χ0n) is 25.7. The van der Waals surface area contributed by atoms with Crippen molar-refractivity contribution in [2.75, 3.05) is 4.90 Å². The first-order valence-electron chi connectivity index (χ1n) is 15.9. The van der Waals surface area contributed by atoms with Gasteiger partial charge in [0.1, 0.15) is 0 Å². The summed E-state index contributed by atoms with van der Waals surface area (Å²) in [6.45, 7) is 4.32. The molecule has 0 radical (unpaired) electrons. The number of nitrogens with zero attached hydrogens (tertiary/aromatic N) is 1. The van der Waals surface area contributed by atoms with Gasteiger partial charge in [-0.1, -0.05) is 157 Å². The molecule has 1 unspecified atom stereocenters. The fourth-order valence-electron chi connectivity index (χ4n) is 7.12. The number of rotatable bonds is 5. The molecule has 1 aliphatic rings. The first-order chi connectivity index (χ1) is 22.2. The number of hydrogen-bond acceptors (Lipinski definition) is 1. The van der Waals surface area contributed by atoms with Crippen molar-refractivity contribution < 1.29 is 0 Å². The molecule has 0 saturated carbocycles. The molecule has 0 N–H and O–H groups in total. The molecule has 1 heteroatoms. The summed E-state index contributed by atoms with van der Waals surface area (Å²) in [5.41, 5.74) is 12.7. The molecule has 0 saturated heterocycles. The Morgan fingerprint density at radius 1 is 0.467 bits per heavy atom. The highest BCUT2D eigenvalue weighted by Gasteiger charge is 2.30. The highest BCUT2D eigenvalue weighted by atomic mass is 15.2. The summed E-state index contributed by atoms with van der Waals surface area (Å²) >= 11 is 0. The van der Waals surface area contributed by atoms with E-state index in [1.165, 1.54) is 77.4 Å². The maximum absolute atomic E-state index is 2.56. The van der Waals surface area contributed by atoms with Gasteiger partial charge in [0.25, 0.3) is 0 Å². The van der Waals surface area contributed by atoms with Gasteiger partial charge in [0, 0.05) is 11.4 Å². The van der Waals surface area contributed by atoms with Gasteiger partial charge in [0.2, 0.25) is 0 Å². The largest absolute Gasteiger partial charge is 0.333 e. The van der Waals surface area contributed by atoms with Crippen LogP contribution >= 0.6 is 0 Å². The van der Waals surface area contributed by atoms with Gasteiger partial charge in [-0.05, 0) is 87.3 Å². The lowest BCUT2D eigenvalue weighted by molar-refractivity contribution is 0.749. The molecule has 0 aromatic heterocycles. The molecule has 7 aromatic rings. The molecule has 8 rings (SSSR count). The average molecular weight is 578 g/mol. The van der Waals surface area contributed by atoms with Crippen LogP contribution in [0.25, 0.3) is 49.5 Å². The fourth-order valence-corrected chi connectivity index (χ4v) is 7.12. The summed E-state index contributed by atoms with van der Waals surface area (Å²) in [6, 6.07) is 56.1. The Morgan fingerprint density at radius 2 is 0.978 bits per heavy atom. The molecule has 0 aliphatic carbocycles. The average Bonchev–Trinajstić information content (AvgIpc) is 3.54. The second-order valence-electron chi connectivity index (χ2n) is 12.2. The van der Waals surface area contributed by atoms with Crippen LogP contribution in [0.5, 0.6) is 0 Å². The van der Waals surface area contributed by atoms with Crippen LogP contribution in [-0.4, -0.2) is 0 Å². The van der Waals surface area contributed by atoms with Gasteiger partial charge in [-0.2, -0.15) is 0 Å². The Hall–Kier alpha value is -5.40. The molecule has 7 aromatic carbocycles. The van der Waals surface area contributed by atoms with E-state index in [0.717, 1.165) is 6.42 Å². The fraction of sp³-hybridized carbons (Fsp3) is 0.0909. The minimum Gasteiger partial charge on any atom is -0.333 e. The highest BCUT2D eigenvalue weighted by Crippen LogP contribution is 2.48. The van der Waals surface area contributed by atoms with E-state index in [1.807, 2.05) is 0 Å². The van der Waals surface area contributed by atoms with E-state index in [9.17, 15) is 0 Å². The molecule has 1 heterocycles. The highest BCUT2D eigenvalue weighted by molar-refractivity contribution is 6.22. The van der Waals surface area contributed by atoms with Crippen molar-refractivity contribution >= 4 is 32.9 Å². The van der Waals surface area contributed by atoms with Crippen molar-refractivity contribution in [1.82, 2.24) is 0 Å². The molecular weight excluding hydrogens is 542 g/mol. The Kier molecular flexibility index (Phi) is 6.80. The Labute approximate surface area is 265 Å². The predicted molar refractivity (Wildman–Crippen MR) is 192 cm³/mol. The lowest BCUT2D eigenvalue weighted by Gasteiger charge is -2.31. The van der Waals surface area contributed by atoms with Gasteiger partial charge in [-0.15, -0.1) is 0 Å². The summed E-state index contributed by atoms with van der Waals surface area (Å²) < 4.78 is 0. The molecule has 0 bridgehead atoms. The SMILES string of the molecule is Cc1ccc(-c2c3ccccc3c(-c3ccc(C)cc3)c3cc(N4C(c5ccccc5)=CCC4c4ccccc4)ccc23)cc1. The zero-order chi connectivity index (χ0) is 30.3. The van der Waals surface area contributed by atoms with E-state index in [0.29, 0.717) is 0 Å². The van der Waals surface area contributed by atoms with Crippen LogP contribution in [0.2, 0.25) is 0 Å². The van der Waals surface area contributed by atoms with Crippen LogP contribution in [-0.2, 0) is 0 Å². The standard InChI is InChI=1S/C44H35N/c1-30-17-21-34(22-18-30)43-37-15-9-10-16-38(37)44(35-23-19-31(2)20-24-35)40-29-36(25-26-39(40)43)45-41(32-11-5-3-6-12-32)27-28-42(45)33-13-7-4-8-14-33/h3-27,29,42H,28H2,1-2H3. The topological polar surface area (TPSA) is 3.24 Å². The molecule has 45 heavy (non-hydrogen) atoms. The molecule has 0 amide bonds. The number of hydrogen-bond donors (Lipinski definition) is 0. The third-order valence-corrected chi connectivity index (χ3v) is 9.33. The Morgan fingerprint density at radius 3 is 1.58 bits per heavy atom. The summed E-state index contributed by atoms with van der Waals surface area (Å²) in [6.07, 6.45) is 3.37. The second kappa shape index (κ2) is 11.3. The maximum atomic E-state index is 2.56. The molecule has 0 spiro atoms. The van der Waals surface area contributed by atoms with E-state index in [2.05, 4.69) is 176 Å². The van der Waals surface area contributed by atoms with E-state index >= 15 is 0 Å². The third kappa shape index (κ3) is 4.82. The minimum atomic E-state index is 0.221. The van der Waals surface area contributed by atoms with Crippen molar-refractivity contribution in [3.63, 3.8) is 0 Å². The van der Waals surface area contributed by atoms with Crippen molar-refractivity contribution in [3.05, 3.63) is 180 Å². The number of benzene rings is 7. The first-order valence-corrected chi connectivity index (χ1v) is 15.9. The Balaban J connectivity index is 1.43. The lowest BCUT2D eigenvalue weighted by Crippen LogP contribution is -2.22. The van der Waals surface area contributed by atoms with E-state index in [-0.39, 0.29) is 6.04 Å². The molecule has 1 atom stereocenters. The molecule has 1 nitrogen and oxygen atoms in total. The summed E-state index contributed by atoms with van der Waals surface area (Å²) in [5, 5.41) is 5.11. The van der Waals surface area contributed by atoms with Gasteiger partial charge in [0.15, 0.2) is 0 Å². The van der Waals surface area contributed by atoms with Crippen LogP contribution in [0.4, 0.5) is 5.69 Å². The van der Waals surface area contributed by atoms with Crippen LogP contribution in [0.15, 0.2) is 158 Å². The minimum absolute atomic E-state index is 0.221. The van der Waals surface area contributed by atoms with Crippen molar-refractivity contribution in [1.29, 1.82) is 0 Å². The van der Waals surface area contributed by atoms with Gasteiger partial charge in [0.05, 0.1) is 6.04 Å². The number of anilines is 1. The monoisotopic (exact) mass is 577 g/mol. The van der Waals surface area contributed by atoms with Gasteiger partial charge < -0.3 is 4.90 Å². The summed E-state index contributed by atoms with van der Waals surface area (Å²) in [5.74, 6) is 0. The summed E-state index contributed by atoms with van der Waals surface area (Å²) in [4.78, 5) is 2.56. The summed E-state index contributed by atoms with van der Waals surface area (Å²) in [7, 11) is 0. The smallest absolute Gasteiger partial charge is 0.0626 e. The van der Waals surface area contributed by atoms with Crippen molar-refractivity contribution in [2.24, 2.45) is 0 Å². The van der Waals surface area contributed by atoms with Gasteiger partial charge in [-0.3, -0.25) is 0 Å². The molecule has 1 aliphatic heterocycles. The zero-order valence-corrected chi connectivity index (χ0v) is 25.7. The second-order valence-corrected chi connectivity index (χ2v) is 12.2. The van der Waals surface area contributed by atoms with Crippen LogP contribution in [0, 0.1) is 13.8 Å². The first kappa shape index (κ1) is 27.2. The van der Waals surface area contributed by atoms with Crippen LogP contribution in [0.3, 0.4) is 0 Å². The predicted octanol–water partition coefficient (Wildman–Crippen LogP) is 11.9.